The van der Waals surface area contributed by atoms with E-state index < -0.39 is 17.7 Å². The Morgan fingerprint density at radius 3 is 2.29 bits per heavy atom. The Morgan fingerprint density at radius 1 is 1.21 bits per heavy atom. The van der Waals surface area contributed by atoms with Gasteiger partial charge >= 0.3 is 11.8 Å². The standard InChI is InChI=1S/C8H11NO5/c10-6(8(12)13)7(11)9-5-1-3-14-4-2-5/h5H,1-4H2,(H,9,11)(H,12,13). The van der Waals surface area contributed by atoms with Gasteiger partial charge in [0.05, 0.1) is 0 Å². The highest BCUT2D eigenvalue weighted by Crippen LogP contribution is 2.05. The number of carbonyl (C=O) groups excluding carboxylic acids is 2. The van der Waals surface area contributed by atoms with E-state index in [9.17, 15) is 14.4 Å². The molecule has 1 saturated heterocycles. The molecule has 0 aromatic rings. The number of ketones is 1. The molecule has 0 unspecified atom stereocenters. The molecule has 2 N–H and O–H groups in total. The van der Waals surface area contributed by atoms with E-state index >= 15 is 0 Å². The summed E-state index contributed by atoms with van der Waals surface area (Å²) in [6, 6.07) is -0.153. The van der Waals surface area contributed by atoms with Crippen molar-refractivity contribution >= 4 is 17.7 Å². The maximum atomic E-state index is 11.0. The Morgan fingerprint density at radius 2 is 1.79 bits per heavy atom. The van der Waals surface area contributed by atoms with E-state index in [0.29, 0.717) is 26.1 Å². The summed E-state index contributed by atoms with van der Waals surface area (Å²) in [5.74, 6) is -4.20. The molecule has 1 rings (SSSR count). The molecule has 1 aliphatic rings. The third kappa shape index (κ3) is 2.81. The number of amides is 1. The highest BCUT2D eigenvalue weighted by molar-refractivity contribution is 6.61. The first-order valence-electron chi connectivity index (χ1n) is 4.27. The lowest BCUT2D eigenvalue weighted by atomic mass is 10.1. The van der Waals surface area contributed by atoms with Crippen molar-refractivity contribution in [2.24, 2.45) is 0 Å². The lowest BCUT2D eigenvalue weighted by molar-refractivity contribution is -0.153. The van der Waals surface area contributed by atoms with Crippen LogP contribution < -0.4 is 5.32 Å². The predicted octanol–water partition coefficient (Wildman–Crippen LogP) is -1.06. The number of carbonyl (C=O) groups is 3. The van der Waals surface area contributed by atoms with Gasteiger partial charge in [0.1, 0.15) is 0 Å². The normalized spacial score (nSPS) is 17.4. The fraction of sp³-hybridized carbons (Fsp3) is 0.625. The van der Waals surface area contributed by atoms with Crippen LogP contribution in [0.15, 0.2) is 0 Å². The predicted molar refractivity (Wildman–Crippen MR) is 44.6 cm³/mol. The van der Waals surface area contributed by atoms with Gasteiger partial charge in [0, 0.05) is 19.3 Å². The van der Waals surface area contributed by atoms with Gasteiger partial charge in [0.2, 0.25) is 0 Å². The number of nitrogens with one attached hydrogen (secondary N) is 1. The molecule has 14 heavy (non-hydrogen) atoms. The third-order valence-corrected chi connectivity index (χ3v) is 1.96. The number of hydrogen-bond acceptors (Lipinski definition) is 4. The minimum Gasteiger partial charge on any atom is -0.475 e. The van der Waals surface area contributed by atoms with Crippen LogP contribution in [0.5, 0.6) is 0 Å². The van der Waals surface area contributed by atoms with Crippen LogP contribution in [-0.2, 0) is 19.1 Å². The molecule has 6 heteroatoms. The van der Waals surface area contributed by atoms with Gasteiger partial charge in [0.25, 0.3) is 5.91 Å². The van der Waals surface area contributed by atoms with E-state index in [1.807, 2.05) is 0 Å². The highest BCUT2D eigenvalue weighted by atomic mass is 16.5. The second-order valence-electron chi connectivity index (χ2n) is 2.99. The molecule has 1 heterocycles. The zero-order chi connectivity index (χ0) is 10.6. The van der Waals surface area contributed by atoms with Crippen LogP contribution in [0, 0.1) is 0 Å². The number of aliphatic carboxylic acids is 1. The summed E-state index contributed by atoms with van der Waals surface area (Å²) in [5, 5.41) is 10.6. The molecule has 0 aromatic heterocycles. The van der Waals surface area contributed by atoms with Crippen LogP contribution >= 0.6 is 0 Å². The van der Waals surface area contributed by atoms with E-state index in [1.165, 1.54) is 0 Å². The van der Waals surface area contributed by atoms with Gasteiger partial charge in [0.15, 0.2) is 0 Å². The minimum absolute atomic E-state index is 0.153. The first-order valence-corrected chi connectivity index (χ1v) is 4.27. The molecule has 0 aliphatic carbocycles. The Hall–Kier alpha value is -1.43. The van der Waals surface area contributed by atoms with Crippen LogP contribution in [0.2, 0.25) is 0 Å². The first kappa shape index (κ1) is 10.6. The molecular formula is C8H11NO5. The van der Waals surface area contributed by atoms with Gasteiger partial charge in [-0.2, -0.15) is 0 Å². The maximum absolute atomic E-state index is 11.0. The largest absolute Gasteiger partial charge is 0.475 e. The summed E-state index contributed by atoms with van der Waals surface area (Å²) in [5.41, 5.74) is 0. The zero-order valence-corrected chi connectivity index (χ0v) is 7.49. The lowest BCUT2D eigenvalue weighted by Gasteiger charge is -2.22. The number of ether oxygens (including phenoxy) is 1. The molecule has 0 aromatic carbocycles. The Bertz CT molecular complexity index is 256. The fourth-order valence-corrected chi connectivity index (χ4v) is 1.19. The molecule has 0 radical (unpaired) electrons. The summed E-state index contributed by atoms with van der Waals surface area (Å²) in [6.07, 6.45) is 1.22. The fourth-order valence-electron chi connectivity index (χ4n) is 1.19. The van der Waals surface area contributed by atoms with Gasteiger partial charge in [-0.1, -0.05) is 0 Å². The molecule has 0 atom stereocenters. The van der Waals surface area contributed by atoms with Crippen LogP contribution in [0.4, 0.5) is 0 Å². The van der Waals surface area contributed by atoms with Crippen molar-refractivity contribution in [1.82, 2.24) is 5.32 Å². The number of carboxylic acid groups (broad SMARTS) is 1. The van der Waals surface area contributed by atoms with E-state index in [4.69, 9.17) is 9.84 Å². The van der Waals surface area contributed by atoms with Gasteiger partial charge in [-0.15, -0.1) is 0 Å². The van der Waals surface area contributed by atoms with Gasteiger partial charge in [-0.3, -0.25) is 9.59 Å². The number of rotatable bonds is 3. The second-order valence-corrected chi connectivity index (χ2v) is 2.99. The third-order valence-electron chi connectivity index (χ3n) is 1.96. The minimum atomic E-state index is -1.73. The summed E-state index contributed by atoms with van der Waals surface area (Å²) < 4.78 is 5.04. The van der Waals surface area contributed by atoms with Crippen LogP contribution in [0.25, 0.3) is 0 Å². The molecule has 1 aliphatic heterocycles. The molecular weight excluding hydrogens is 190 g/mol. The maximum Gasteiger partial charge on any atom is 0.382 e. The van der Waals surface area contributed by atoms with Crippen molar-refractivity contribution in [3.05, 3.63) is 0 Å². The molecule has 0 spiro atoms. The quantitative estimate of drug-likeness (QED) is 0.448. The number of carboxylic acids is 1. The van der Waals surface area contributed by atoms with Crippen LogP contribution in [0.3, 0.4) is 0 Å². The van der Waals surface area contributed by atoms with Crippen LogP contribution in [-0.4, -0.2) is 42.0 Å². The Kier molecular flexibility index (Phi) is 3.58. The summed E-state index contributed by atoms with van der Waals surface area (Å²) in [4.78, 5) is 31.8. The zero-order valence-electron chi connectivity index (χ0n) is 7.49. The van der Waals surface area contributed by atoms with Crippen molar-refractivity contribution in [2.75, 3.05) is 13.2 Å². The van der Waals surface area contributed by atoms with E-state index in [-0.39, 0.29) is 6.04 Å². The number of Topliss-reactive ketones (excluding diaryl/α,β-unsaturated/α-hetero) is 1. The Balaban J connectivity index is 2.39. The summed E-state index contributed by atoms with van der Waals surface area (Å²) in [6.45, 7) is 1.04. The van der Waals surface area contributed by atoms with E-state index in [1.54, 1.807) is 0 Å². The van der Waals surface area contributed by atoms with E-state index in [0.717, 1.165) is 0 Å². The summed E-state index contributed by atoms with van der Waals surface area (Å²) >= 11 is 0. The monoisotopic (exact) mass is 201 g/mol. The van der Waals surface area contributed by atoms with Crippen molar-refractivity contribution < 1.29 is 24.2 Å². The molecule has 6 nitrogen and oxygen atoms in total. The first-order chi connectivity index (χ1) is 6.61. The summed E-state index contributed by atoms with van der Waals surface area (Å²) in [7, 11) is 0. The Labute approximate surface area is 80.2 Å². The van der Waals surface area contributed by atoms with Crippen molar-refractivity contribution in [1.29, 1.82) is 0 Å². The smallest absolute Gasteiger partial charge is 0.382 e. The van der Waals surface area contributed by atoms with Gasteiger partial charge < -0.3 is 15.2 Å². The molecule has 0 bridgehead atoms. The van der Waals surface area contributed by atoms with Gasteiger partial charge in [-0.25, -0.2) is 4.79 Å². The molecule has 0 saturated carbocycles. The van der Waals surface area contributed by atoms with Crippen LogP contribution in [0.1, 0.15) is 12.8 Å². The van der Waals surface area contributed by atoms with Crippen molar-refractivity contribution in [3.8, 4) is 0 Å². The topological polar surface area (TPSA) is 92.7 Å². The van der Waals surface area contributed by atoms with E-state index in [2.05, 4.69) is 5.32 Å². The lowest BCUT2D eigenvalue weighted by Crippen LogP contribution is -2.44. The molecule has 1 fully saturated rings. The second kappa shape index (κ2) is 4.71. The van der Waals surface area contributed by atoms with Gasteiger partial charge in [-0.05, 0) is 12.8 Å². The number of hydrogen-bond donors (Lipinski definition) is 2. The molecule has 78 valence electrons. The average molecular weight is 201 g/mol. The van der Waals surface area contributed by atoms with Crippen molar-refractivity contribution in [3.63, 3.8) is 0 Å². The highest BCUT2D eigenvalue weighted by Gasteiger charge is 2.25. The average Bonchev–Trinajstić information content (AvgIpc) is 2.18. The SMILES string of the molecule is O=C(O)C(=O)C(=O)NC1CCOCC1. The van der Waals surface area contributed by atoms with Crippen molar-refractivity contribution in [2.45, 2.75) is 18.9 Å². The molecule has 1 amide bonds.